The Morgan fingerprint density at radius 1 is 1.11 bits per heavy atom. The van der Waals surface area contributed by atoms with E-state index in [0.717, 1.165) is 16.8 Å². The summed E-state index contributed by atoms with van der Waals surface area (Å²) >= 11 is 9.21. The molecule has 2 aromatic carbocycles. The summed E-state index contributed by atoms with van der Waals surface area (Å²) in [6.45, 7) is 4.00. The first-order valence-electron chi connectivity index (χ1n) is 5.80. The van der Waals surface area contributed by atoms with Gasteiger partial charge >= 0.3 is 0 Å². The topological polar surface area (TPSA) is 29.1 Å². The third-order valence-corrected chi connectivity index (χ3v) is 3.55. The van der Waals surface area contributed by atoms with E-state index in [1.165, 1.54) is 0 Å². The van der Waals surface area contributed by atoms with Gasteiger partial charge in [0.1, 0.15) is 0 Å². The minimum atomic E-state index is -0.159. The van der Waals surface area contributed by atoms with Gasteiger partial charge in [0.15, 0.2) is 0 Å². The van der Waals surface area contributed by atoms with E-state index < -0.39 is 0 Å². The van der Waals surface area contributed by atoms with Crippen LogP contribution in [0.3, 0.4) is 0 Å². The van der Waals surface area contributed by atoms with Crippen LogP contribution in [-0.4, -0.2) is 5.91 Å². The number of anilines is 1. The van der Waals surface area contributed by atoms with E-state index in [0.29, 0.717) is 15.1 Å². The molecule has 4 heteroatoms. The number of carbonyl (C=O) groups is 1. The molecule has 98 valence electrons. The quantitative estimate of drug-likeness (QED) is 0.823. The third-order valence-electron chi connectivity index (χ3n) is 2.66. The van der Waals surface area contributed by atoms with Crippen LogP contribution in [0, 0.1) is 13.8 Å². The van der Waals surface area contributed by atoms with Gasteiger partial charge in [-0.05, 0) is 71.2 Å². The molecule has 1 N–H and O–H groups in total. The largest absolute Gasteiger partial charge is 0.322 e. The van der Waals surface area contributed by atoms with E-state index >= 15 is 0 Å². The van der Waals surface area contributed by atoms with Gasteiger partial charge in [0.05, 0.1) is 5.56 Å². The monoisotopic (exact) mass is 337 g/mol. The summed E-state index contributed by atoms with van der Waals surface area (Å²) < 4.78 is 0.682. The molecule has 1 amide bonds. The molecule has 0 unspecified atom stereocenters. The summed E-state index contributed by atoms with van der Waals surface area (Å²) in [5.74, 6) is -0.159. The van der Waals surface area contributed by atoms with Crippen LogP contribution in [0.25, 0.3) is 0 Å². The average molecular weight is 339 g/mol. The second-order valence-corrected chi connectivity index (χ2v) is 5.75. The fourth-order valence-electron chi connectivity index (χ4n) is 1.92. The SMILES string of the molecule is Cc1cc(C)cc(NC(=O)c2ccc(Cl)cc2Br)c1. The van der Waals surface area contributed by atoms with Crippen LogP contribution in [0.1, 0.15) is 21.5 Å². The van der Waals surface area contributed by atoms with Gasteiger partial charge in [-0.15, -0.1) is 0 Å². The molecule has 2 rings (SSSR count). The van der Waals surface area contributed by atoms with Crippen LogP contribution in [0.4, 0.5) is 5.69 Å². The third kappa shape index (κ3) is 3.58. The Kier molecular flexibility index (Phi) is 4.27. The van der Waals surface area contributed by atoms with Crippen molar-refractivity contribution >= 4 is 39.1 Å². The van der Waals surface area contributed by atoms with Crippen molar-refractivity contribution in [3.8, 4) is 0 Å². The molecular weight excluding hydrogens is 326 g/mol. The predicted molar refractivity (Wildman–Crippen MR) is 83.0 cm³/mol. The fraction of sp³-hybridized carbons (Fsp3) is 0.133. The standard InChI is InChI=1S/C15H13BrClNO/c1-9-5-10(2)7-12(6-9)18-15(19)13-4-3-11(17)8-14(13)16/h3-8H,1-2H3,(H,18,19). The molecule has 0 aliphatic heterocycles. The Hall–Kier alpha value is -1.32. The minimum Gasteiger partial charge on any atom is -0.322 e. The maximum Gasteiger partial charge on any atom is 0.256 e. The van der Waals surface area contributed by atoms with Crippen molar-refractivity contribution in [2.24, 2.45) is 0 Å². The van der Waals surface area contributed by atoms with Gasteiger partial charge < -0.3 is 5.32 Å². The molecule has 0 aliphatic rings. The van der Waals surface area contributed by atoms with Crippen molar-refractivity contribution in [3.05, 3.63) is 62.6 Å². The van der Waals surface area contributed by atoms with E-state index in [-0.39, 0.29) is 5.91 Å². The van der Waals surface area contributed by atoms with Gasteiger partial charge in [-0.3, -0.25) is 4.79 Å². The van der Waals surface area contributed by atoms with Gasteiger partial charge in [0.2, 0.25) is 0 Å². The van der Waals surface area contributed by atoms with Crippen molar-refractivity contribution in [1.82, 2.24) is 0 Å². The molecule has 0 saturated heterocycles. The van der Waals surface area contributed by atoms with Crippen molar-refractivity contribution < 1.29 is 4.79 Å². The first kappa shape index (κ1) is 14.1. The molecule has 19 heavy (non-hydrogen) atoms. The van der Waals surface area contributed by atoms with E-state index in [4.69, 9.17) is 11.6 Å². The van der Waals surface area contributed by atoms with Crippen LogP contribution in [0.2, 0.25) is 5.02 Å². The molecule has 0 fully saturated rings. The first-order chi connectivity index (χ1) is 8.95. The Morgan fingerprint density at radius 3 is 2.32 bits per heavy atom. The van der Waals surface area contributed by atoms with Crippen molar-refractivity contribution in [2.75, 3.05) is 5.32 Å². The number of aryl methyl sites for hydroxylation is 2. The van der Waals surface area contributed by atoms with E-state index in [1.54, 1.807) is 18.2 Å². The second-order valence-electron chi connectivity index (χ2n) is 4.45. The van der Waals surface area contributed by atoms with Gasteiger partial charge in [0, 0.05) is 15.2 Å². The number of halogens is 2. The summed E-state index contributed by atoms with van der Waals surface area (Å²) in [6.07, 6.45) is 0. The Balaban J connectivity index is 2.25. The number of rotatable bonds is 2. The lowest BCUT2D eigenvalue weighted by Crippen LogP contribution is -2.12. The fourth-order valence-corrected chi connectivity index (χ4v) is 2.78. The highest BCUT2D eigenvalue weighted by molar-refractivity contribution is 9.10. The van der Waals surface area contributed by atoms with Crippen molar-refractivity contribution in [3.63, 3.8) is 0 Å². The predicted octanol–water partition coefficient (Wildman–Crippen LogP) is 4.97. The summed E-state index contributed by atoms with van der Waals surface area (Å²) in [5.41, 5.74) is 3.59. The lowest BCUT2D eigenvalue weighted by Gasteiger charge is -2.09. The Bertz CT molecular complexity index is 620. The molecule has 0 heterocycles. The molecule has 0 atom stereocenters. The molecule has 0 aliphatic carbocycles. The van der Waals surface area contributed by atoms with Gasteiger partial charge in [0.25, 0.3) is 5.91 Å². The highest BCUT2D eigenvalue weighted by Gasteiger charge is 2.10. The van der Waals surface area contributed by atoms with Gasteiger partial charge in [-0.25, -0.2) is 0 Å². The van der Waals surface area contributed by atoms with Crippen LogP contribution in [-0.2, 0) is 0 Å². The molecule has 0 spiro atoms. The van der Waals surface area contributed by atoms with E-state index in [2.05, 4.69) is 27.3 Å². The number of nitrogens with one attached hydrogen (secondary N) is 1. The summed E-state index contributed by atoms with van der Waals surface area (Å²) in [7, 11) is 0. The number of amides is 1. The molecule has 0 bridgehead atoms. The zero-order valence-corrected chi connectivity index (χ0v) is 13.0. The molecule has 0 radical (unpaired) electrons. The number of carbonyl (C=O) groups excluding carboxylic acids is 1. The van der Waals surface area contributed by atoms with Crippen molar-refractivity contribution in [1.29, 1.82) is 0 Å². The zero-order valence-electron chi connectivity index (χ0n) is 10.6. The highest BCUT2D eigenvalue weighted by atomic mass is 79.9. The molecule has 2 nitrogen and oxygen atoms in total. The summed E-state index contributed by atoms with van der Waals surface area (Å²) in [4.78, 5) is 12.2. The summed E-state index contributed by atoms with van der Waals surface area (Å²) in [6, 6.07) is 11.0. The average Bonchev–Trinajstić information content (AvgIpc) is 2.26. The van der Waals surface area contributed by atoms with E-state index in [1.807, 2.05) is 26.0 Å². The first-order valence-corrected chi connectivity index (χ1v) is 6.97. The second kappa shape index (κ2) is 5.76. The maximum absolute atomic E-state index is 12.2. The van der Waals surface area contributed by atoms with Crippen molar-refractivity contribution in [2.45, 2.75) is 13.8 Å². The molecule has 2 aromatic rings. The van der Waals surface area contributed by atoms with E-state index in [9.17, 15) is 4.79 Å². The maximum atomic E-state index is 12.2. The van der Waals surface area contributed by atoms with Crippen LogP contribution < -0.4 is 5.32 Å². The number of hydrogen-bond donors (Lipinski definition) is 1. The van der Waals surface area contributed by atoms with Gasteiger partial charge in [-0.1, -0.05) is 17.7 Å². The van der Waals surface area contributed by atoms with Crippen LogP contribution in [0.5, 0.6) is 0 Å². The summed E-state index contributed by atoms with van der Waals surface area (Å²) in [5, 5.41) is 3.48. The van der Waals surface area contributed by atoms with Crippen LogP contribution >= 0.6 is 27.5 Å². The lowest BCUT2D eigenvalue weighted by molar-refractivity contribution is 0.102. The molecule has 0 saturated carbocycles. The highest BCUT2D eigenvalue weighted by Crippen LogP contribution is 2.23. The molecular formula is C15H13BrClNO. The Labute approximate surface area is 125 Å². The van der Waals surface area contributed by atoms with Gasteiger partial charge in [-0.2, -0.15) is 0 Å². The minimum absolute atomic E-state index is 0.159. The molecule has 0 aromatic heterocycles. The Morgan fingerprint density at radius 2 is 1.74 bits per heavy atom. The smallest absolute Gasteiger partial charge is 0.256 e. The number of hydrogen-bond acceptors (Lipinski definition) is 1. The lowest BCUT2D eigenvalue weighted by atomic mass is 10.1. The normalized spacial score (nSPS) is 10.3. The van der Waals surface area contributed by atoms with Crippen LogP contribution in [0.15, 0.2) is 40.9 Å². The number of benzene rings is 2. The zero-order chi connectivity index (χ0) is 14.0.